The predicted molar refractivity (Wildman–Crippen MR) is 255 cm³/mol. The first-order valence-corrected chi connectivity index (χ1v) is 23.2. The van der Waals surface area contributed by atoms with Crippen LogP contribution in [0, 0.1) is 17.2 Å². The molecule has 0 spiro atoms. The van der Waals surface area contributed by atoms with Crippen molar-refractivity contribution in [2.24, 2.45) is 22.8 Å². The van der Waals surface area contributed by atoms with Crippen molar-refractivity contribution in [2.45, 2.75) is 124 Å². The van der Waals surface area contributed by atoms with Gasteiger partial charge < -0.3 is 30.4 Å². The van der Waals surface area contributed by atoms with E-state index in [1.54, 1.807) is 6.07 Å². The first kappa shape index (κ1) is 51.6. The summed E-state index contributed by atoms with van der Waals surface area (Å²) in [6, 6.07) is 16.2. The van der Waals surface area contributed by atoms with E-state index in [0.717, 1.165) is 64.1 Å². The van der Waals surface area contributed by atoms with E-state index in [4.69, 9.17) is 30.4 Å². The van der Waals surface area contributed by atoms with Gasteiger partial charge in [0.1, 0.15) is 43.4 Å². The van der Waals surface area contributed by atoms with Gasteiger partial charge in [0.25, 0.3) is 0 Å². The van der Waals surface area contributed by atoms with Gasteiger partial charge in [0, 0.05) is 22.3 Å². The molecular formula is C54H73FN2O7. The van der Waals surface area contributed by atoms with E-state index in [1.807, 2.05) is 18.2 Å². The largest absolute Gasteiger partial charge is 0.492 e. The number of rotatable bonds is 26. The van der Waals surface area contributed by atoms with Crippen LogP contribution in [-0.4, -0.2) is 57.4 Å². The Labute approximate surface area is 381 Å². The van der Waals surface area contributed by atoms with Gasteiger partial charge in [0.05, 0.1) is 0 Å². The summed E-state index contributed by atoms with van der Waals surface area (Å²) >= 11 is 0. The van der Waals surface area contributed by atoms with Gasteiger partial charge in [-0.25, -0.2) is 18.8 Å². The van der Waals surface area contributed by atoms with Crippen LogP contribution >= 0.6 is 0 Å². The highest BCUT2D eigenvalue weighted by Gasteiger charge is 2.38. The highest BCUT2D eigenvalue weighted by molar-refractivity contribution is 5.88. The molecule has 1 saturated carbocycles. The molecule has 0 unspecified atom stereocenters. The summed E-state index contributed by atoms with van der Waals surface area (Å²) in [5.74, 6) is -0.450. The van der Waals surface area contributed by atoms with E-state index in [9.17, 15) is 14.4 Å². The van der Waals surface area contributed by atoms with Crippen LogP contribution < -0.4 is 16.2 Å². The molecule has 0 aromatic heterocycles. The van der Waals surface area contributed by atoms with Gasteiger partial charge in [-0.2, -0.15) is 0 Å². The molecule has 4 N–H and O–H groups in total. The third kappa shape index (κ3) is 14.7. The predicted octanol–water partition coefficient (Wildman–Crippen LogP) is 11.1. The molecule has 0 amide bonds. The lowest BCUT2D eigenvalue weighted by molar-refractivity contribution is -0.159. The minimum atomic E-state index is -1.33. The van der Waals surface area contributed by atoms with E-state index in [0.29, 0.717) is 56.0 Å². The van der Waals surface area contributed by atoms with Gasteiger partial charge in [0.2, 0.25) is 0 Å². The van der Waals surface area contributed by atoms with Crippen molar-refractivity contribution in [3.63, 3.8) is 0 Å². The van der Waals surface area contributed by atoms with Crippen molar-refractivity contribution in [2.75, 3.05) is 39.5 Å². The number of carbonyl (C=O) groups excluding carboxylic acids is 3. The number of nitrogens with two attached hydrogens (primary N) is 2. The van der Waals surface area contributed by atoms with Crippen molar-refractivity contribution >= 4 is 17.9 Å². The fraction of sp³-hybridized carbons (Fsp3) is 0.500. The molecule has 9 nitrogen and oxygen atoms in total. The van der Waals surface area contributed by atoms with E-state index < -0.39 is 23.3 Å². The molecule has 1 fully saturated rings. The lowest BCUT2D eigenvalue weighted by atomic mass is 9.76. The Balaban J connectivity index is 1.70. The van der Waals surface area contributed by atoms with Crippen molar-refractivity contribution in [3.8, 4) is 28.0 Å². The molecule has 64 heavy (non-hydrogen) atoms. The molecule has 348 valence electrons. The third-order valence-corrected chi connectivity index (χ3v) is 12.3. The maximum absolute atomic E-state index is 16.3. The highest BCUT2D eigenvalue weighted by Crippen LogP contribution is 2.41. The minimum absolute atomic E-state index is 0.167. The Bertz CT molecular complexity index is 2030. The summed E-state index contributed by atoms with van der Waals surface area (Å²) in [7, 11) is 0. The van der Waals surface area contributed by atoms with Crippen LogP contribution in [0.3, 0.4) is 0 Å². The number of hydrogen-bond acceptors (Lipinski definition) is 9. The lowest BCUT2D eigenvalue weighted by Gasteiger charge is -2.32. The Morgan fingerprint density at radius 1 is 0.656 bits per heavy atom. The zero-order chi connectivity index (χ0) is 46.8. The number of carbonyl (C=O) groups is 3. The third-order valence-electron chi connectivity index (χ3n) is 12.3. The monoisotopic (exact) mass is 881 g/mol. The van der Waals surface area contributed by atoms with Crippen molar-refractivity contribution < 1.29 is 37.7 Å². The van der Waals surface area contributed by atoms with Crippen molar-refractivity contribution in [1.82, 2.24) is 0 Å². The molecule has 1 aliphatic carbocycles. The van der Waals surface area contributed by atoms with Gasteiger partial charge in [-0.3, -0.25) is 0 Å². The number of halogens is 1. The van der Waals surface area contributed by atoms with Crippen LogP contribution in [0.4, 0.5) is 4.39 Å². The van der Waals surface area contributed by atoms with Gasteiger partial charge in [-0.05, 0) is 161 Å². The maximum atomic E-state index is 16.3. The Kier molecular flexibility index (Phi) is 20.5. The van der Waals surface area contributed by atoms with Gasteiger partial charge in [0.15, 0.2) is 0 Å². The first-order chi connectivity index (χ1) is 30.6. The fourth-order valence-electron chi connectivity index (χ4n) is 8.35. The summed E-state index contributed by atoms with van der Waals surface area (Å²) in [4.78, 5) is 37.9. The molecule has 0 radical (unpaired) electrons. The quantitative estimate of drug-likeness (QED) is 0.0349. The second-order valence-electron chi connectivity index (χ2n) is 17.9. The number of ether oxygens (including phenoxy) is 4. The number of esters is 3. The van der Waals surface area contributed by atoms with E-state index in [1.165, 1.54) is 59.3 Å². The van der Waals surface area contributed by atoms with Crippen molar-refractivity contribution in [3.05, 3.63) is 113 Å². The molecule has 10 heteroatoms. The molecule has 0 atom stereocenters. The van der Waals surface area contributed by atoms with Gasteiger partial charge >= 0.3 is 17.9 Å². The Hall–Kier alpha value is -5.06. The molecule has 1 aliphatic rings. The zero-order valence-corrected chi connectivity index (χ0v) is 39.2. The summed E-state index contributed by atoms with van der Waals surface area (Å²) in [6.45, 7) is 19.7. The second-order valence-corrected chi connectivity index (χ2v) is 17.9. The summed E-state index contributed by atoms with van der Waals surface area (Å²) < 4.78 is 39.6. The van der Waals surface area contributed by atoms with Crippen LogP contribution in [0.25, 0.3) is 22.3 Å². The Morgan fingerprint density at radius 3 is 1.73 bits per heavy atom. The summed E-state index contributed by atoms with van der Waals surface area (Å²) in [5, 5.41) is 0. The second kappa shape index (κ2) is 25.4. The molecule has 4 rings (SSSR count). The SMILES string of the molecule is C=C(C)C(=O)OCC(COC(=O)C(=C)C)(COC(=O)C(=C)C)COc1ccc(-c2cc(CC)c(-c3ccc(C4CCC(CCCCC)CC4)cc3F)cc2CCCN)cc1CCCN. The van der Waals surface area contributed by atoms with Crippen molar-refractivity contribution in [1.29, 1.82) is 0 Å². The lowest BCUT2D eigenvalue weighted by Crippen LogP contribution is -2.44. The van der Waals surface area contributed by atoms with Crippen LogP contribution in [0.5, 0.6) is 5.75 Å². The van der Waals surface area contributed by atoms with E-state index in [2.05, 4.69) is 57.8 Å². The highest BCUT2D eigenvalue weighted by atomic mass is 19.1. The maximum Gasteiger partial charge on any atom is 0.333 e. The number of benzene rings is 3. The van der Waals surface area contributed by atoms with E-state index >= 15 is 4.39 Å². The standard InChI is InChI=1S/C54H73FN2O7/c1-9-11-12-15-39-18-20-41(21-19-39)42-22-24-46(49(55)31-42)48-30-43(16-13-26-56)47(29-40(48)10-2)44-23-25-50(45(28-44)17-14-27-57)61-32-54(33-62-51(58)36(3)4,34-63-52(59)37(5)6)35-64-53(60)38(7)8/h22-25,28-31,39,41H,3,5,7,9-21,26-27,32-35,56-57H2,1-2,4,6,8H3. The fourth-order valence-corrected chi connectivity index (χ4v) is 8.35. The smallest absolute Gasteiger partial charge is 0.333 e. The number of aryl methyl sites for hydroxylation is 3. The first-order valence-electron chi connectivity index (χ1n) is 23.2. The molecule has 3 aromatic carbocycles. The average molecular weight is 881 g/mol. The normalized spacial score (nSPS) is 15.0. The van der Waals surface area contributed by atoms with E-state index in [-0.39, 0.29) is 49.0 Å². The van der Waals surface area contributed by atoms with Gasteiger partial charge in [-0.15, -0.1) is 0 Å². The molecule has 3 aromatic rings. The minimum Gasteiger partial charge on any atom is -0.492 e. The van der Waals surface area contributed by atoms with Crippen LogP contribution in [0.1, 0.15) is 127 Å². The average Bonchev–Trinajstić information content (AvgIpc) is 3.29. The zero-order valence-electron chi connectivity index (χ0n) is 39.2. The van der Waals surface area contributed by atoms with Crippen LogP contribution in [-0.2, 0) is 47.9 Å². The van der Waals surface area contributed by atoms with Crippen LogP contribution in [0.15, 0.2) is 85.0 Å². The summed E-state index contributed by atoms with van der Waals surface area (Å²) in [6.07, 6.45) is 13.3. The number of unbranched alkanes of at least 4 members (excludes halogenated alkanes) is 2. The molecule has 0 heterocycles. The molecular weight excluding hydrogens is 808 g/mol. The molecule has 0 aliphatic heterocycles. The van der Waals surface area contributed by atoms with Gasteiger partial charge in [-0.1, -0.05) is 89.6 Å². The molecule has 0 saturated heterocycles. The Morgan fingerprint density at radius 2 is 1.22 bits per heavy atom. The van der Waals surface area contributed by atoms with Crippen LogP contribution in [0.2, 0.25) is 0 Å². The molecule has 0 bridgehead atoms. The number of hydrogen-bond donors (Lipinski definition) is 2. The topological polar surface area (TPSA) is 140 Å². The summed E-state index contributed by atoms with van der Waals surface area (Å²) in [5.41, 5.74) is 18.8.